The molecule has 26 heavy (non-hydrogen) atoms. The highest BCUT2D eigenvalue weighted by molar-refractivity contribution is 7.17. The summed E-state index contributed by atoms with van der Waals surface area (Å²) < 4.78 is 4.92. The lowest BCUT2D eigenvalue weighted by Gasteiger charge is -2.11. The number of carbonyl (C=O) groups excluding carboxylic acids is 2. The summed E-state index contributed by atoms with van der Waals surface area (Å²) in [7, 11) is 1.37. The Morgan fingerprint density at radius 2 is 1.88 bits per heavy atom. The van der Waals surface area contributed by atoms with Crippen LogP contribution >= 0.6 is 11.3 Å². The molecule has 0 spiro atoms. The van der Waals surface area contributed by atoms with Gasteiger partial charge < -0.3 is 10.1 Å². The summed E-state index contributed by atoms with van der Waals surface area (Å²) >= 11 is 1.49. The van der Waals surface area contributed by atoms with Gasteiger partial charge in [-0.3, -0.25) is 4.79 Å². The van der Waals surface area contributed by atoms with E-state index < -0.39 is 0 Å². The molecule has 0 radical (unpaired) electrons. The number of ether oxygens (including phenoxy) is 1. The minimum absolute atomic E-state index is 0.258. The lowest BCUT2D eigenvalue weighted by molar-refractivity contribution is -0.111. The van der Waals surface area contributed by atoms with Crippen molar-refractivity contribution in [2.45, 2.75) is 25.7 Å². The highest BCUT2D eigenvalue weighted by Gasteiger charge is 2.26. The molecule has 1 N–H and O–H groups in total. The number of hydrogen-bond donors (Lipinski definition) is 1. The van der Waals surface area contributed by atoms with Crippen LogP contribution in [0, 0.1) is 0 Å². The summed E-state index contributed by atoms with van der Waals surface area (Å²) in [6.07, 6.45) is 10.9. The SMILES string of the molecule is COC(=O)c1c(NC(=O)/C=C/C=C/c2ccccc2)sc2c1CCCC2. The maximum atomic E-state index is 12.2. The van der Waals surface area contributed by atoms with E-state index in [2.05, 4.69) is 5.32 Å². The Balaban J connectivity index is 1.71. The molecule has 0 fully saturated rings. The van der Waals surface area contributed by atoms with Gasteiger partial charge in [-0.15, -0.1) is 11.3 Å². The highest BCUT2D eigenvalue weighted by atomic mass is 32.1. The van der Waals surface area contributed by atoms with Gasteiger partial charge in [0, 0.05) is 11.0 Å². The monoisotopic (exact) mass is 367 g/mol. The fraction of sp³-hybridized carbons (Fsp3) is 0.238. The number of benzene rings is 1. The van der Waals surface area contributed by atoms with E-state index in [0.29, 0.717) is 10.6 Å². The van der Waals surface area contributed by atoms with E-state index in [-0.39, 0.29) is 11.9 Å². The molecule has 1 amide bonds. The predicted molar refractivity (Wildman–Crippen MR) is 106 cm³/mol. The molecule has 1 aromatic heterocycles. The highest BCUT2D eigenvalue weighted by Crippen LogP contribution is 2.38. The number of amides is 1. The van der Waals surface area contributed by atoms with Gasteiger partial charge in [-0.25, -0.2) is 4.79 Å². The van der Waals surface area contributed by atoms with Gasteiger partial charge in [0.25, 0.3) is 0 Å². The number of nitrogens with one attached hydrogen (secondary N) is 1. The molecule has 2 aromatic rings. The lowest BCUT2D eigenvalue weighted by Crippen LogP contribution is -2.13. The van der Waals surface area contributed by atoms with E-state index in [1.165, 1.54) is 29.4 Å². The molecule has 0 unspecified atom stereocenters. The Morgan fingerprint density at radius 3 is 2.65 bits per heavy atom. The van der Waals surface area contributed by atoms with Crippen molar-refractivity contribution in [2.24, 2.45) is 0 Å². The molecule has 1 aliphatic rings. The number of methoxy groups -OCH3 is 1. The topological polar surface area (TPSA) is 55.4 Å². The van der Waals surface area contributed by atoms with Gasteiger partial charge in [-0.05, 0) is 36.8 Å². The molecular formula is C21H21NO3S. The average Bonchev–Trinajstić information content (AvgIpc) is 3.03. The number of rotatable bonds is 5. The van der Waals surface area contributed by atoms with E-state index in [1.54, 1.807) is 6.08 Å². The number of allylic oxidation sites excluding steroid dienone is 2. The second-order valence-corrected chi connectivity index (χ2v) is 7.13. The molecular weight excluding hydrogens is 346 g/mol. The van der Waals surface area contributed by atoms with E-state index in [1.807, 2.05) is 42.5 Å². The summed E-state index contributed by atoms with van der Waals surface area (Å²) in [6, 6.07) is 9.86. The zero-order valence-electron chi connectivity index (χ0n) is 14.7. The molecule has 4 nitrogen and oxygen atoms in total. The van der Waals surface area contributed by atoms with Crippen molar-refractivity contribution in [1.82, 2.24) is 0 Å². The fourth-order valence-corrected chi connectivity index (χ4v) is 4.28. The van der Waals surface area contributed by atoms with Crippen LogP contribution in [0.4, 0.5) is 5.00 Å². The predicted octanol–water partition coefficient (Wildman–Crippen LogP) is 4.62. The van der Waals surface area contributed by atoms with Gasteiger partial charge in [0.1, 0.15) is 5.00 Å². The number of thiophene rings is 1. The van der Waals surface area contributed by atoms with Crippen LogP contribution in [-0.2, 0) is 22.4 Å². The van der Waals surface area contributed by atoms with E-state index in [0.717, 1.165) is 36.8 Å². The van der Waals surface area contributed by atoms with Gasteiger partial charge in [-0.1, -0.05) is 48.6 Å². The van der Waals surface area contributed by atoms with Gasteiger partial charge in [0.2, 0.25) is 5.91 Å². The van der Waals surface area contributed by atoms with Crippen LogP contribution in [0.3, 0.4) is 0 Å². The smallest absolute Gasteiger partial charge is 0.341 e. The molecule has 0 saturated carbocycles. The first-order valence-corrected chi connectivity index (χ1v) is 9.44. The van der Waals surface area contributed by atoms with Crippen LogP contribution in [0.5, 0.6) is 0 Å². The summed E-state index contributed by atoms with van der Waals surface area (Å²) in [5.41, 5.74) is 2.63. The molecule has 1 heterocycles. The number of hydrogen-bond acceptors (Lipinski definition) is 4. The van der Waals surface area contributed by atoms with E-state index in [9.17, 15) is 9.59 Å². The molecule has 0 aliphatic heterocycles. The maximum Gasteiger partial charge on any atom is 0.341 e. The first-order chi connectivity index (χ1) is 12.7. The van der Waals surface area contributed by atoms with Crippen molar-refractivity contribution in [3.8, 4) is 0 Å². The van der Waals surface area contributed by atoms with Crippen LogP contribution in [-0.4, -0.2) is 19.0 Å². The molecule has 1 aliphatic carbocycles. The lowest BCUT2D eigenvalue weighted by atomic mass is 9.95. The summed E-state index contributed by atoms with van der Waals surface area (Å²) in [5.74, 6) is -0.640. The van der Waals surface area contributed by atoms with Crippen molar-refractivity contribution in [3.05, 3.63) is 70.1 Å². The van der Waals surface area contributed by atoms with Gasteiger partial charge in [-0.2, -0.15) is 0 Å². The maximum absolute atomic E-state index is 12.2. The van der Waals surface area contributed by atoms with Crippen LogP contribution in [0.2, 0.25) is 0 Å². The van der Waals surface area contributed by atoms with Gasteiger partial charge in [0.15, 0.2) is 0 Å². The zero-order chi connectivity index (χ0) is 18.4. The number of fused-ring (bicyclic) bond motifs is 1. The molecule has 0 bridgehead atoms. The van der Waals surface area contributed by atoms with Crippen molar-refractivity contribution in [1.29, 1.82) is 0 Å². The summed E-state index contributed by atoms with van der Waals surface area (Å²) in [5, 5.41) is 3.43. The average molecular weight is 367 g/mol. The largest absolute Gasteiger partial charge is 0.465 e. The molecule has 3 rings (SSSR count). The standard InChI is InChI=1S/C21H21NO3S/c1-25-21(24)19-16-12-6-7-13-17(16)26-20(19)22-18(23)14-8-5-11-15-9-3-2-4-10-15/h2-5,8-11,14H,6-7,12-13H2,1H3,(H,22,23)/b11-5+,14-8+. The number of esters is 1. The Labute approximate surface area is 157 Å². The Morgan fingerprint density at radius 1 is 1.12 bits per heavy atom. The molecule has 0 saturated heterocycles. The Kier molecular flexibility index (Phi) is 6.02. The number of aryl methyl sites for hydroxylation is 1. The normalized spacial score (nSPS) is 13.7. The van der Waals surface area contributed by atoms with Gasteiger partial charge >= 0.3 is 5.97 Å². The third-order valence-electron chi connectivity index (χ3n) is 4.24. The van der Waals surface area contributed by atoms with Crippen LogP contribution in [0.1, 0.15) is 39.2 Å². The van der Waals surface area contributed by atoms with Crippen LogP contribution < -0.4 is 5.32 Å². The fourth-order valence-electron chi connectivity index (χ4n) is 3.00. The second kappa shape index (κ2) is 8.63. The Hall–Kier alpha value is -2.66. The number of carbonyl (C=O) groups is 2. The molecule has 0 atom stereocenters. The van der Waals surface area contributed by atoms with Crippen molar-refractivity contribution in [2.75, 3.05) is 12.4 Å². The first kappa shape index (κ1) is 18.1. The molecule has 134 valence electrons. The summed E-state index contributed by atoms with van der Waals surface area (Å²) in [4.78, 5) is 25.6. The third-order valence-corrected chi connectivity index (χ3v) is 5.45. The minimum Gasteiger partial charge on any atom is -0.465 e. The van der Waals surface area contributed by atoms with Crippen molar-refractivity contribution < 1.29 is 14.3 Å². The minimum atomic E-state index is -0.382. The van der Waals surface area contributed by atoms with Crippen molar-refractivity contribution in [3.63, 3.8) is 0 Å². The quantitative estimate of drug-likeness (QED) is 0.476. The third kappa shape index (κ3) is 4.29. The molecule has 1 aromatic carbocycles. The van der Waals surface area contributed by atoms with Crippen LogP contribution in [0.15, 0.2) is 48.6 Å². The van der Waals surface area contributed by atoms with Gasteiger partial charge in [0.05, 0.1) is 12.7 Å². The first-order valence-electron chi connectivity index (χ1n) is 8.62. The van der Waals surface area contributed by atoms with E-state index >= 15 is 0 Å². The molecule has 5 heteroatoms. The van der Waals surface area contributed by atoms with Crippen molar-refractivity contribution >= 4 is 34.3 Å². The second-order valence-electron chi connectivity index (χ2n) is 6.02. The van der Waals surface area contributed by atoms with E-state index in [4.69, 9.17) is 4.74 Å². The zero-order valence-corrected chi connectivity index (χ0v) is 15.5. The Bertz CT molecular complexity index is 850. The number of anilines is 1. The van der Waals surface area contributed by atoms with Crippen LogP contribution in [0.25, 0.3) is 6.08 Å². The summed E-state index contributed by atoms with van der Waals surface area (Å²) in [6.45, 7) is 0.